The van der Waals surface area contributed by atoms with E-state index in [1.165, 1.54) is 0 Å². The average Bonchev–Trinajstić information content (AvgIpc) is 2.73. The van der Waals surface area contributed by atoms with Crippen LogP contribution in [-0.4, -0.2) is 39.3 Å². The highest BCUT2D eigenvalue weighted by molar-refractivity contribution is 6.31. The van der Waals surface area contributed by atoms with Crippen molar-refractivity contribution >= 4 is 35.0 Å². The van der Waals surface area contributed by atoms with Gasteiger partial charge in [-0.2, -0.15) is 5.26 Å². The lowest BCUT2D eigenvalue weighted by atomic mass is 10.1. The molecule has 1 heterocycles. The largest absolute Gasteiger partial charge is 0.496 e. The monoisotopic (exact) mass is 411 g/mol. The first-order valence-electron chi connectivity index (χ1n) is 9.22. The zero-order valence-electron chi connectivity index (χ0n) is 16.4. The van der Waals surface area contributed by atoms with E-state index in [1.807, 2.05) is 31.2 Å². The number of morpholine rings is 1. The molecule has 1 saturated heterocycles. The summed E-state index contributed by atoms with van der Waals surface area (Å²) < 4.78 is 10.6. The van der Waals surface area contributed by atoms with Crippen molar-refractivity contribution in [2.24, 2.45) is 0 Å². The van der Waals surface area contributed by atoms with E-state index in [0.717, 1.165) is 35.7 Å². The van der Waals surface area contributed by atoms with Gasteiger partial charge in [0.05, 0.1) is 31.7 Å². The lowest BCUT2D eigenvalue weighted by Crippen LogP contribution is -2.36. The van der Waals surface area contributed by atoms with Crippen LogP contribution in [0.15, 0.2) is 42.0 Å². The van der Waals surface area contributed by atoms with Crippen molar-refractivity contribution in [1.29, 1.82) is 5.26 Å². The van der Waals surface area contributed by atoms with Gasteiger partial charge in [-0.05, 0) is 54.5 Å². The molecule has 2 aromatic carbocycles. The number of carbonyl (C=O) groups is 1. The molecule has 0 saturated carbocycles. The van der Waals surface area contributed by atoms with Crippen LogP contribution in [0, 0.1) is 18.3 Å². The Hall–Kier alpha value is -3.01. The number of carbonyl (C=O) groups excluding carboxylic acids is 1. The number of hydrogen-bond acceptors (Lipinski definition) is 5. The zero-order chi connectivity index (χ0) is 20.8. The van der Waals surface area contributed by atoms with Gasteiger partial charge in [-0.15, -0.1) is 0 Å². The molecule has 1 aliphatic heterocycles. The van der Waals surface area contributed by atoms with Gasteiger partial charge in [-0.25, -0.2) is 0 Å². The van der Waals surface area contributed by atoms with Crippen molar-refractivity contribution < 1.29 is 14.3 Å². The van der Waals surface area contributed by atoms with Crippen LogP contribution < -0.4 is 15.0 Å². The summed E-state index contributed by atoms with van der Waals surface area (Å²) in [6.45, 7) is 4.59. The molecule has 0 aromatic heterocycles. The van der Waals surface area contributed by atoms with E-state index in [2.05, 4.69) is 10.2 Å². The van der Waals surface area contributed by atoms with Crippen LogP contribution in [0.3, 0.4) is 0 Å². The number of ether oxygens (including phenoxy) is 2. The maximum atomic E-state index is 12.8. The quantitative estimate of drug-likeness (QED) is 0.593. The Kier molecular flexibility index (Phi) is 6.76. The predicted molar refractivity (Wildman–Crippen MR) is 114 cm³/mol. The second-order valence-corrected chi connectivity index (χ2v) is 7.05. The second kappa shape index (κ2) is 9.46. The van der Waals surface area contributed by atoms with E-state index in [0.29, 0.717) is 23.9 Å². The summed E-state index contributed by atoms with van der Waals surface area (Å²) in [5.41, 5.74) is 3.08. The van der Waals surface area contributed by atoms with Crippen molar-refractivity contribution in [3.63, 3.8) is 0 Å². The zero-order valence-corrected chi connectivity index (χ0v) is 17.1. The molecule has 0 atom stereocenters. The van der Waals surface area contributed by atoms with Crippen LogP contribution in [0.5, 0.6) is 5.75 Å². The van der Waals surface area contributed by atoms with E-state index in [-0.39, 0.29) is 5.57 Å². The van der Waals surface area contributed by atoms with Crippen molar-refractivity contribution in [1.82, 2.24) is 0 Å². The molecule has 0 unspecified atom stereocenters. The van der Waals surface area contributed by atoms with Gasteiger partial charge in [-0.1, -0.05) is 17.7 Å². The van der Waals surface area contributed by atoms with Gasteiger partial charge in [0.1, 0.15) is 17.4 Å². The van der Waals surface area contributed by atoms with Gasteiger partial charge in [0.2, 0.25) is 0 Å². The number of halogens is 1. The van der Waals surface area contributed by atoms with Gasteiger partial charge >= 0.3 is 0 Å². The molecule has 3 rings (SSSR count). The Labute approximate surface area is 175 Å². The van der Waals surface area contributed by atoms with Crippen molar-refractivity contribution in [3.8, 4) is 11.8 Å². The molecule has 1 N–H and O–H groups in total. The van der Waals surface area contributed by atoms with Gasteiger partial charge in [0.15, 0.2) is 0 Å². The molecular weight excluding hydrogens is 390 g/mol. The fourth-order valence-electron chi connectivity index (χ4n) is 3.18. The second-order valence-electron chi connectivity index (χ2n) is 6.61. The van der Waals surface area contributed by atoms with E-state index in [4.69, 9.17) is 21.1 Å². The molecule has 150 valence electrons. The summed E-state index contributed by atoms with van der Waals surface area (Å²) in [5.74, 6) is 0.261. The summed E-state index contributed by atoms with van der Waals surface area (Å²) in [6.07, 6.45) is 1.56. The standard InChI is InChI=1S/C22H22ClN3O3/c1-15-11-16(3-6-21(15)28-2)12-17(14-24)22(27)25-19-13-18(23)4-5-20(19)26-7-9-29-10-8-26/h3-6,11-13H,7-10H2,1-2H3,(H,25,27)/b17-12+. The molecule has 0 radical (unpaired) electrons. The van der Waals surface area contributed by atoms with Crippen LogP contribution >= 0.6 is 11.6 Å². The number of rotatable bonds is 5. The summed E-state index contributed by atoms with van der Waals surface area (Å²) in [5, 5.41) is 12.9. The smallest absolute Gasteiger partial charge is 0.266 e. The highest BCUT2D eigenvalue weighted by atomic mass is 35.5. The number of amides is 1. The molecule has 0 spiro atoms. The van der Waals surface area contributed by atoms with Crippen LogP contribution in [0.1, 0.15) is 11.1 Å². The highest BCUT2D eigenvalue weighted by Crippen LogP contribution is 2.30. The Morgan fingerprint density at radius 1 is 1.28 bits per heavy atom. The minimum absolute atomic E-state index is 0.00229. The van der Waals surface area contributed by atoms with E-state index in [9.17, 15) is 10.1 Å². The van der Waals surface area contributed by atoms with Crippen LogP contribution in [0.4, 0.5) is 11.4 Å². The van der Waals surface area contributed by atoms with Gasteiger partial charge in [-0.3, -0.25) is 4.79 Å². The molecular formula is C22H22ClN3O3. The van der Waals surface area contributed by atoms with Gasteiger partial charge in [0, 0.05) is 18.1 Å². The van der Waals surface area contributed by atoms with Crippen molar-refractivity contribution in [2.75, 3.05) is 43.6 Å². The fraction of sp³-hybridized carbons (Fsp3) is 0.273. The minimum atomic E-state index is -0.488. The number of aryl methyl sites for hydroxylation is 1. The lowest BCUT2D eigenvalue weighted by Gasteiger charge is -2.30. The Morgan fingerprint density at radius 3 is 2.69 bits per heavy atom. The maximum Gasteiger partial charge on any atom is 0.266 e. The summed E-state index contributed by atoms with van der Waals surface area (Å²) in [6, 6.07) is 12.8. The predicted octanol–water partition coefficient (Wildman–Crippen LogP) is 4.04. The number of nitrogens with zero attached hydrogens (tertiary/aromatic N) is 2. The minimum Gasteiger partial charge on any atom is -0.496 e. The third kappa shape index (κ3) is 5.08. The van der Waals surface area contributed by atoms with Crippen molar-refractivity contribution in [2.45, 2.75) is 6.92 Å². The van der Waals surface area contributed by atoms with Gasteiger partial charge < -0.3 is 19.7 Å². The SMILES string of the molecule is COc1ccc(/C=C(\C#N)C(=O)Nc2cc(Cl)ccc2N2CCOCC2)cc1C. The van der Waals surface area contributed by atoms with Crippen molar-refractivity contribution in [3.05, 3.63) is 58.1 Å². The van der Waals surface area contributed by atoms with Crippen LogP contribution in [0.2, 0.25) is 5.02 Å². The third-order valence-electron chi connectivity index (χ3n) is 4.65. The van der Waals surface area contributed by atoms with E-state index < -0.39 is 5.91 Å². The number of nitrogens with one attached hydrogen (secondary N) is 1. The van der Waals surface area contributed by atoms with E-state index >= 15 is 0 Å². The number of nitriles is 1. The molecule has 2 aromatic rings. The lowest BCUT2D eigenvalue weighted by molar-refractivity contribution is -0.112. The topological polar surface area (TPSA) is 74.6 Å². The first-order chi connectivity index (χ1) is 14.0. The number of methoxy groups -OCH3 is 1. The van der Waals surface area contributed by atoms with E-state index in [1.54, 1.807) is 31.4 Å². The first-order valence-corrected chi connectivity index (χ1v) is 9.59. The summed E-state index contributed by atoms with van der Waals surface area (Å²) in [7, 11) is 1.60. The van der Waals surface area contributed by atoms with Crippen LogP contribution in [-0.2, 0) is 9.53 Å². The molecule has 6 nitrogen and oxygen atoms in total. The Balaban J connectivity index is 1.85. The first kappa shape index (κ1) is 20.7. The normalized spacial score (nSPS) is 14.3. The number of anilines is 2. The maximum absolute atomic E-state index is 12.8. The summed E-state index contributed by atoms with van der Waals surface area (Å²) in [4.78, 5) is 14.9. The fourth-order valence-corrected chi connectivity index (χ4v) is 3.36. The molecule has 1 aliphatic rings. The van der Waals surface area contributed by atoms with Gasteiger partial charge in [0.25, 0.3) is 5.91 Å². The molecule has 1 amide bonds. The molecule has 0 aliphatic carbocycles. The molecule has 0 bridgehead atoms. The third-order valence-corrected chi connectivity index (χ3v) is 4.89. The Morgan fingerprint density at radius 2 is 2.03 bits per heavy atom. The molecule has 7 heteroatoms. The van der Waals surface area contributed by atoms with Crippen LogP contribution in [0.25, 0.3) is 6.08 Å². The summed E-state index contributed by atoms with van der Waals surface area (Å²) >= 11 is 6.14. The highest BCUT2D eigenvalue weighted by Gasteiger charge is 2.18. The molecule has 29 heavy (non-hydrogen) atoms. The Bertz CT molecular complexity index is 976. The average molecular weight is 412 g/mol. The molecule has 1 fully saturated rings. The number of hydrogen-bond donors (Lipinski definition) is 1. The number of benzene rings is 2.